The normalized spacial score (nSPS) is 20.6. The van der Waals surface area contributed by atoms with Gasteiger partial charge in [0, 0.05) is 29.5 Å². The molecule has 0 aliphatic carbocycles. The van der Waals surface area contributed by atoms with Gasteiger partial charge in [-0.3, -0.25) is 9.59 Å². The molecular formula is C26H31ClF3N3O2. The van der Waals surface area contributed by atoms with Crippen molar-refractivity contribution in [2.45, 2.75) is 40.8 Å². The third-order valence-corrected chi connectivity index (χ3v) is 7.17. The van der Waals surface area contributed by atoms with E-state index in [4.69, 9.17) is 11.6 Å². The molecule has 2 aromatic carbocycles. The number of alkyl halides is 3. The van der Waals surface area contributed by atoms with Gasteiger partial charge in [-0.15, -0.1) is 0 Å². The molecule has 0 radical (unpaired) electrons. The van der Waals surface area contributed by atoms with Crippen LogP contribution in [0.25, 0.3) is 0 Å². The van der Waals surface area contributed by atoms with Crippen LogP contribution >= 0.6 is 11.6 Å². The standard InChI is InChI=1S/C26H31ClF3N3O2/c1-6-32(7-2)14-25(24(35)31-21-12-19(26(28,29)30)11-20(27)13-21)15-33(23(34)18(25)5)22-16(3)9-8-10-17(22)4/h8-13,18H,6-7,14-15H2,1-5H3,(H,31,35). The van der Waals surface area contributed by atoms with E-state index in [0.717, 1.165) is 28.9 Å². The summed E-state index contributed by atoms with van der Waals surface area (Å²) in [4.78, 5) is 31.1. The second-order valence-corrected chi connectivity index (χ2v) is 9.62. The molecule has 2 aromatic rings. The number of nitrogens with one attached hydrogen (secondary N) is 1. The molecule has 1 saturated heterocycles. The summed E-state index contributed by atoms with van der Waals surface area (Å²) in [5.41, 5.74) is 0.396. The van der Waals surface area contributed by atoms with Crippen molar-refractivity contribution in [3.05, 3.63) is 58.1 Å². The second-order valence-electron chi connectivity index (χ2n) is 9.18. The highest BCUT2D eigenvalue weighted by atomic mass is 35.5. The number of benzene rings is 2. The number of amides is 2. The summed E-state index contributed by atoms with van der Waals surface area (Å²) in [5, 5.41) is 2.52. The number of rotatable bonds is 7. The largest absolute Gasteiger partial charge is 0.416 e. The van der Waals surface area contributed by atoms with Crippen molar-refractivity contribution in [1.29, 1.82) is 0 Å². The van der Waals surface area contributed by atoms with Gasteiger partial charge in [-0.25, -0.2) is 0 Å². The lowest BCUT2D eigenvalue weighted by Gasteiger charge is -2.35. The Kier molecular flexibility index (Phi) is 7.86. The molecule has 9 heteroatoms. The van der Waals surface area contributed by atoms with Crippen molar-refractivity contribution < 1.29 is 22.8 Å². The van der Waals surface area contributed by atoms with Gasteiger partial charge in [0.15, 0.2) is 0 Å². The Balaban J connectivity index is 2.06. The van der Waals surface area contributed by atoms with Crippen LogP contribution in [0, 0.1) is 25.2 Å². The smallest absolute Gasteiger partial charge is 0.325 e. The van der Waals surface area contributed by atoms with E-state index in [1.54, 1.807) is 11.8 Å². The summed E-state index contributed by atoms with van der Waals surface area (Å²) in [6, 6.07) is 8.69. The molecular weight excluding hydrogens is 479 g/mol. The molecule has 0 bridgehead atoms. The Morgan fingerprint density at radius 1 is 1.17 bits per heavy atom. The van der Waals surface area contributed by atoms with Gasteiger partial charge in [0.2, 0.25) is 11.8 Å². The minimum absolute atomic E-state index is 0.0566. The molecule has 0 aromatic heterocycles. The second kappa shape index (κ2) is 10.2. The molecule has 5 nitrogen and oxygen atoms in total. The predicted molar refractivity (Wildman–Crippen MR) is 133 cm³/mol. The molecule has 1 aliphatic heterocycles. The number of para-hydroxylation sites is 1. The van der Waals surface area contributed by atoms with E-state index in [2.05, 4.69) is 10.2 Å². The van der Waals surface area contributed by atoms with E-state index in [9.17, 15) is 22.8 Å². The first-order chi connectivity index (χ1) is 16.3. The lowest BCUT2D eigenvalue weighted by Crippen LogP contribution is -2.50. The van der Waals surface area contributed by atoms with E-state index < -0.39 is 29.0 Å². The summed E-state index contributed by atoms with van der Waals surface area (Å²) in [6.07, 6.45) is -4.61. The molecule has 2 atom stereocenters. The molecule has 1 aliphatic rings. The lowest BCUT2D eigenvalue weighted by molar-refractivity contribution is -0.137. The fourth-order valence-electron chi connectivity index (χ4n) is 4.84. The highest BCUT2D eigenvalue weighted by molar-refractivity contribution is 6.31. The number of halogens is 4. The van der Waals surface area contributed by atoms with Crippen LogP contribution in [0.1, 0.15) is 37.5 Å². The minimum atomic E-state index is -4.61. The fourth-order valence-corrected chi connectivity index (χ4v) is 5.08. The predicted octanol–water partition coefficient (Wildman–Crippen LogP) is 5.93. The number of carbonyl (C=O) groups excluding carboxylic acids is 2. The maximum atomic E-state index is 13.8. The summed E-state index contributed by atoms with van der Waals surface area (Å²) < 4.78 is 40.0. The van der Waals surface area contributed by atoms with Crippen molar-refractivity contribution in [3.63, 3.8) is 0 Å². The average Bonchev–Trinajstić information content (AvgIpc) is 3.02. The van der Waals surface area contributed by atoms with Crippen LogP contribution in [-0.2, 0) is 15.8 Å². The van der Waals surface area contributed by atoms with Gasteiger partial charge < -0.3 is 15.1 Å². The van der Waals surface area contributed by atoms with E-state index in [1.807, 2.05) is 45.9 Å². The van der Waals surface area contributed by atoms with Crippen LogP contribution in [0.3, 0.4) is 0 Å². The first-order valence-corrected chi connectivity index (χ1v) is 12.0. The summed E-state index contributed by atoms with van der Waals surface area (Å²) in [6.45, 7) is 11.2. The summed E-state index contributed by atoms with van der Waals surface area (Å²) in [5.74, 6) is -1.38. The van der Waals surface area contributed by atoms with E-state index in [0.29, 0.717) is 13.1 Å². The molecule has 2 amide bonds. The van der Waals surface area contributed by atoms with Gasteiger partial charge in [-0.2, -0.15) is 13.2 Å². The summed E-state index contributed by atoms with van der Waals surface area (Å²) in [7, 11) is 0. The van der Waals surface area contributed by atoms with Crippen LogP contribution in [0.4, 0.5) is 24.5 Å². The van der Waals surface area contributed by atoms with Crippen LogP contribution in [-0.4, -0.2) is 42.9 Å². The van der Waals surface area contributed by atoms with Crippen molar-refractivity contribution >= 4 is 34.8 Å². The molecule has 0 spiro atoms. The highest BCUT2D eigenvalue weighted by Gasteiger charge is 2.56. The zero-order chi connectivity index (χ0) is 26.1. The molecule has 3 rings (SSSR count). The molecule has 2 unspecified atom stereocenters. The van der Waals surface area contributed by atoms with Gasteiger partial charge in [-0.1, -0.05) is 50.6 Å². The van der Waals surface area contributed by atoms with E-state index in [-0.39, 0.29) is 29.7 Å². The number of aryl methyl sites for hydroxylation is 2. The minimum Gasteiger partial charge on any atom is -0.325 e. The molecule has 1 fully saturated rings. The first kappa shape index (κ1) is 27.0. The number of anilines is 2. The quantitative estimate of drug-likeness (QED) is 0.503. The third kappa shape index (κ3) is 5.33. The molecule has 190 valence electrons. The zero-order valence-electron chi connectivity index (χ0n) is 20.6. The highest BCUT2D eigenvalue weighted by Crippen LogP contribution is 2.43. The van der Waals surface area contributed by atoms with Crippen LogP contribution < -0.4 is 10.2 Å². The van der Waals surface area contributed by atoms with Crippen LogP contribution in [0.15, 0.2) is 36.4 Å². The molecule has 35 heavy (non-hydrogen) atoms. The zero-order valence-corrected chi connectivity index (χ0v) is 21.3. The van der Waals surface area contributed by atoms with E-state index in [1.165, 1.54) is 6.07 Å². The van der Waals surface area contributed by atoms with Crippen LogP contribution in [0.2, 0.25) is 5.02 Å². The van der Waals surface area contributed by atoms with E-state index >= 15 is 0 Å². The molecule has 0 saturated carbocycles. The van der Waals surface area contributed by atoms with Crippen LogP contribution in [0.5, 0.6) is 0 Å². The Morgan fingerprint density at radius 2 is 1.77 bits per heavy atom. The average molecular weight is 510 g/mol. The fraction of sp³-hybridized carbons (Fsp3) is 0.462. The van der Waals surface area contributed by atoms with Crippen molar-refractivity contribution in [3.8, 4) is 0 Å². The Bertz CT molecular complexity index is 1100. The maximum Gasteiger partial charge on any atom is 0.416 e. The van der Waals surface area contributed by atoms with Gasteiger partial charge in [0.05, 0.1) is 16.9 Å². The SMILES string of the molecule is CCN(CC)CC1(C(=O)Nc2cc(Cl)cc(C(F)(F)F)c2)CN(c2c(C)cccc2C)C(=O)C1C. The number of carbonyl (C=O) groups is 2. The van der Waals surface area contributed by atoms with Gasteiger partial charge in [0.25, 0.3) is 0 Å². The molecule has 1 heterocycles. The Hall–Kier alpha value is -2.58. The third-order valence-electron chi connectivity index (χ3n) is 6.95. The van der Waals surface area contributed by atoms with Crippen molar-refractivity contribution in [2.24, 2.45) is 11.3 Å². The number of nitrogens with zero attached hydrogens (tertiary/aromatic N) is 2. The Labute approximate surface area is 209 Å². The van der Waals surface area contributed by atoms with Gasteiger partial charge in [-0.05, 0) is 56.3 Å². The summed E-state index contributed by atoms with van der Waals surface area (Å²) >= 11 is 5.93. The maximum absolute atomic E-state index is 13.8. The monoisotopic (exact) mass is 509 g/mol. The van der Waals surface area contributed by atoms with Gasteiger partial charge >= 0.3 is 6.18 Å². The van der Waals surface area contributed by atoms with Crippen molar-refractivity contribution in [2.75, 3.05) is 36.4 Å². The lowest BCUT2D eigenvalue weighted by atomic mass is 9.77. The molecule has 1 N–H and O–H groups in total. The first-order valence-electron chi connectivity index (χ1n) is 11.6. The number of hydrogen-bond acceptors (Lipinski definition) is 3. The number of hydrogen-bond donors (Lipinski definition) is 1. The topological polar surface area (TPSA) is 52.7 Å². The van der Waals surface area contributed by atoms with Gasteiger partial charge in [0.1, 0.15) is 0 Å². The van der Waals surface area contributed by atoms with Crippen molar-refractivity contribution in [1.82, 2.24) is 4.90 Å². The Morgan fingerprint density at radius 3 is 2.31 bits per heavy atom.